The predicted octanol–water partition coefficient (Wildman–Crippen LogP) is 8.97. The number of likely N-dealkylation sites (tertiary alicyclic amines) is 2. The zero-order valence-electron chi connectivity index (χ0n) is 30.7. The van der Waals surface area contributed by atoms with Gasteiger partial charge in [-0.05, 0) is 126 Å². The van der Waals surface area contributed by atoms with Gasteiger partial charge in [0, 0.05) is 68.2 Å². The highest BCUT2D eigenvalue weighted by atomic mass is 79.9. The van der Waals surface area contributed by atoms with E-state index in [-0.39, 0.29) is 34.0 Å². The van der Waals surface area contributed by atoms with Gasteiger partial charge in [-0.2, -0.15) is 19.1 Å². The van der Waals surface area contributed by atoms with E-state index in [1.165, 1.54) is 5.56 Å². The van der Waals surface area contributed by atoms with Crippen LogP contribution >= 0.6 is 63.7 Å². The van der Waals surface area contributed by atoms with Gasteiger partial charge in [0.25, 0.3) is 0 Å². The summed E-state index contributed by atoms with van der Waals surface area (Å²) >= 11 is 13.5. The smallest absolute Gasteiger partial charge is 0.244 e. The monoisotopic (exact) mass is 1030 g/mol. The lowest BCUT2D eigenvalue weighted by molar-refractivity contribution is 0.303. The molecule has 54 heavy (non-hydrogen) atoms. The van der Waals surface area contributed by atoms with E-state index in [1.807, 2.05) is 32.0 Å². The molecule has 0 saturated carbocycles. The summed E-state index contributed by atoms with van der Waals surface area (Å²) in [5.74, 6) is 0.398. The molecule has 0 bridgehead atoms. The van der Waals surface area contributed by atoms with Crippen LogP contribution in [-0.4, -0.2) is 85.6 Å². The molecule has 0 spiro atoms. The Hall–Kier alpha value is -2.02. The number of aryl methyl sites for hydroxylation is 1. The number of nitriles is 2. The molecular formula is C38H46Br4N6O4S2. The molecule has 2 saturated heterocycles. The van der Waals surface area contributed by atoms with Gasteiger partial charge in [-0.3, -0.25) is 0 Å². The van der Waals surface area contributed by atoms with Gasteiger partial charge in [0.2, 0.25) is 20.0 Å². The molecule has 2 heterocycles. The average molecular weight is 1030 g/mol. The predicted molar refractivity (Wildman–Crippen MR) is 226 cm³/mol. The standard InChI is InChI=1S/C21H23Br2N3O2S.C17H23Br2N3O2S/c1-16-12-19(14-25(16)15-24)26(11-5-8-17-6-3-2-4-7-17)29(27,28)21-13-18(22)9-10-20(21)23;1-12(2)6-7-22(15-8-13(3)21(10-15)11-20)25(23,24)17-9-14(18)4-5-16(17)19/h2-4,6-7,9-10,13,16,19H,5,8,11-12,14H2,1H3;4-5,9,12-13,15H,6-8,10H2,1-3H3/t16-,19+;13-,15+/m00/s1. The van der Waals surface area contributed by atoms with Crippen molar-refractivity contribution in [3.63, 3.8) is 0 Å². The minimum Gasteiger partial charge on any atom is -0.306 e. The largest absolute Gasteiger partial charge is 0.306 e. The Morgan fingerprint density at radius 2 is 1.17 bits per heavy atom. The molecule has 2 aliphatic rings. The molecule has 2 aliphatic heterocycles. The Balaban J connectivity index is 0.000000244. The van der Waals surface area contributed by atoms with Crippen molar-refractivity contribution in [3.8, 4) is 12.4 Å². The van der Waals surface area contributed by atoms with Crippen molar-refractivity contribution in [3.05, 3.63) is 90.2 Å². The first-order chi connectivity index (χ1) is 25.5. The summed E-state index contributed by atoms with van der Waals surface area (Å²) in [6, 6.07) is 20.1. The molecule has 3 aromatic rings. The third-order valence-electron chi connectivity index (χ3n) is 9.75. The number of hydrogen-bond acceptors (Lipinski definition) is 8. The van der Waals surface area contributed by atoms with Crippen molar-refractivity contribution in [1.29, 1.82) is 10.5 Å². The summed E-state index contributed by atoms with van der Waals surface area (Å²) in [4.78, 5) is 3.84. The van der Waals surface area contributed by atoms with Crippen LogP contribution in [0.1, 0.15) is 58.9 Å². The number of benzene rings is 3. The second-order valence-corrected chi connectivity index (χ2v) is 21.4. The Bertz CT molecular complexity index is 2040. The van der Waals surface area contributed by atoms with Crippen molar-refractivity contribution in [1.82, 2.24) is 18.4 Å². The lowest BCUT2D eigenvalue weighted by atomic mass is 10.1. The molecule has 2 fully saturated rings. The third kappa shape index (κ3) is 11.3. The summed E-state index contributed by atoms with van der Waals surface area (Å²) < 4.78 is 59.7. The molecule has 4 atom stereocenters. The molecular weight excluding hydrogens is 988 g/mol. The molecule has 5 rings (SSSR count). The maximum atomic E-state index is 13.6. The van der Waals surface area contributed by atoms with Gasteiger partial charge < -0.3 is 9.80 Å². The second-order valence-electron chi connectivity index (χ2n) is 14.1. The average Bonchev–Trinajstić information content (AvgIpc) is 3.69. The van der Waals surface area contributed by atoms with Gasteiger partial charge in [0.15, 0.2) is 12.4 Å². The summed E-state index contributed by atoms with van der Waals surface area (Å²) in [5, 5.41) is 18.6. The normalized spacial score (nSPS) is 20.2. The van der Waals surface area contributed by atoms with E-state index in [9.17, 15) is 27.4 Å². The molecule has 16 heteroatoms. The first-order valence-electron chi connectivity index (χ1n) is 17.8. The van der Waals surface area contributed by atoms with E-state index in [0.29, 0.717) is 64.8 Å². The molecule has 0 aliphatic carbocycles. The molecule has 0 aromatic heterocycles. The van der Waals surface area contributed by atoms with Crippen LogP contribution in [-0.2, 0) is 26.5 Å². The molecule has 0 amide bonds. The van der Waals surface area contributed by atoms with Gasteiger partial charge in [-0.25, -0.2) is 16.8 Å². The Morgan fingerprint density at radius 3 is 1.57 bits per heavy atom. The number of hydrogen-bond donors (Lipinski definition) is 0. The Morgan fingerprint density at radius 1 is 0.722 bits per heavy atom. The van der Waals surface area contributed by atoms with Crippen LogP contribution in [0.2, 0.25) is 0 Å². The maximum Gasteiger partial charge on any atom is 0.244 e. The fourth-order valence-electron chi connectivity index (χ4n) is 6.77. The van der Waals surface area contributed by atoms with Crippen LogP contribution in [0.4, 0.5) is 0 Å². The van der Waals surface area contributed by atoms with Crippen LogP contribution in [0, 0.1) is 28.8 Å². The van der Waals surface area contributed by atoms with Crippen LogP contribution < -0.4 is 0 Å². The van der Waals surface area contributed by atoms with Gasteiger partial charge in [0.1, 0.15) is 0 Å². The van der Waals surface area contributed by atoms with Crippen molar-refractivity contribution >= 4 is 83.8 Å². The first-order valence-corrected chi connectivity index (χ1v) is 23.8. The van der Waals surface area contributed by atoms with E-state index in [1.54, 1.807) is 54.8 Å². The van der Waals surface area contributed by atoms with E-state index in [2.05, 4.69) is 102 Å². The Kier molecular flexibility index (Phi) is 16.5. The molecule has 0 radical (unpaired) electrons. The Labute approximate surface area is 355 Å². The van der Waals surface area contributed by atoms with Crippen LogP contribution in [0.15, 0.2) is 94.4 Å². The van der Waals surface area contributed by atoms with Crippen molar-refractivity contribution in [2.45, 2.75) is 93.8 Å². The number of nitrogens with zero attached hydrogens (tertiary/aromatic N) is 6. The van der Waals surface area contributed by atoms with Crippen molar-refractivity contribution in [2.24, 2.45) is 5.92 Å². The van der Waals surface area contributed by atoms with Gasteiger partial charge >= 0.3 is 0 Å². The highest BCUT2D eigenvalue weighted by molar-refractivity contribution is 9.11. The number of rotatable bonds is 13. The van der Waals surface area contributed by atoms with E-state index >= 15 is 0 Å². The van der Waals surface area contributed by atoms with Crippen LogP contribution in [0.3, 0.4) is 0 Å². The number of halogens is 4. The summed E-state index contributed by atoms with van der Waals surface area (Å²) in [6.45, 7) is 9.83. The lowest BCUT2D eigenvalue weighted by Crippen LogP contribution is -2.42. The van der Waals surface area contributed by atoms with E-state index < -0.39 is 20.0 Å². The number of sulfonamides is 2. The zero-order chi connectivity index (χ0) is 39.8. The minimum atomic E-state index is -3.73. The summed E-state index contributed by atoms with van der Waals surface area (Å²) in [6.07, 6.45) is 7.96. The summed E-state index contributed by atoms with van der Waals surface area (Å²) in [5.41, 5.74) is 1.19. The van der Waals surface area contributed by atoms with Crippen molar-refractivity contribution < 1.29 is 16.8 Å². The molecule has 0 unspecified atom stereocenters. The molecule has 292 valence electrons. The van der Waals surface area contributed by atoms with Gasteiger partial charge in [0.05, 0.1) is 9.79 Å². The van der Waals surface area contributed by atoms with Crippen molar-refractivity contribution in [2.75, 3.05) is 26.2 Å². The highest BCUT2D eigenvalue weighted by Crippen LogP contribution is 2.34. The second kappa shape index (κ2) is 19.9. The van der Waals surface area contributed by atoms with E-state index in [0.717, 1.165) is 17.3 Å². The quantitative estimate of drug-likeness (QED) is 0.155. The third-order valence-corrected chi connectivity index (χ3v) is 16.6. The maximum absolute atomic E-state index is 13.6. The molecule has 0 N–H and O–H groups in total. The molecule has 3 aromatic carbocycles. The fourth-order valence-corrected chi connectivity index (χ4v) is 13.0. The van der Waals surface area contributed by atoms with Gasteiger partial charge in [-0.1, -0.05) is 76.0 Å². The SMILES string of the molecule is CC(C)CCN([C@@H]1C[C@H](C)N(C#N)C1)S(=O)(=O)c1cc(Br)ccc1Br.C[C@H]1C[C@@H](N(CCCc2ccccc2)S(=O)(=O)c2cc(Br)ccc2Br)CN1C#N. The molecule has 10 nitrogen and oxygen atoms in total. The lowest BCUT2D eigenvalue weighted by Gasteiger charge is -2.29. The summed E-state index contributed by atoms with van der Waals surface area (Å²) in [7, 11) is -7.39. The highest BCUT2D eigenvalue weighted by Gasteiger charge is 2.40. The first kappa shape index (κ1) is 44.7. The van der Waals surface area contributed by atoms with E-state index in [4.69, 9.17) is 0 Å². The van der Waals surface area contributed by atoms with Gasteiger partial charge in [-0.15, -0.1) is 0 Å². The van der Waals surface area contributed by atoms with Crippen LogP contribution in [0.5, 0.6) is 0 Å². The zero-order valence-corrected chi connectivity index (χ0v) is 38.7. The van der Waals surface area contributed by atoms with Crippen LogP contribution in [0.25, 0.3) is 0 Å². The fraction of sp³-hybridized carbons (Fsp3) is 0.474. The topological polar surface area (TPSA) is 129 Å². The minimum absolute atomic E-state index is 0.0303.